The van der Waals surface area contributed by atoms with Crippen LogP contribution < -0.4 is 10.6 Å². The Morgan fingerprint density at radius 3 is 2.54 bits per heavy atom. The summed E-state index contributed by atoms with van der Waals surface area (Å²) in [5.74, 6) is 1.79. The lowest BCUT2D eigenvalue weighted by Crippen LogP contribution is -2.39. The van der Waals surface area contributed by atoms with Crippen molar-refractivity contribution in [2.45, 2.75) is 19.4 Å². The van der Waals surface area contributed by atoms with Crippen molar-refractivity contribution in [2.75, 3.05) is 32.5 Å². The zero-order chi connectivity index (χ0) is 17.9. The fourth-order valence-electron chi connectivity index (χ4n) is 2.48. The van der Waals surface area contributed by atoms with Gasteiger partial charge in [-0.05, 0) is 36.6 Å². The van der Waals surface area contributed by atoms with Gasteiger partial charge in [0.05, 0.1) is 0 Å². The lowest BCUT2D eigenvalue weighted by molar-refractivity contribution is 0.475. The highest BCUT2D eigenvalue weighted by molar-refractivity contribution is 14.0. The van der Waals surface area contributed by atoms with Crippen molar-refractivity contribution in [2.24, 2.45) is 4.99 Å². The maximum absolute atomic E-state index is 6.23. The Labute approximate surface area is 178 Å². The van der Waals surface area contributed by atoms with Gasteiger partial charge in [0.15, 0.2) is 5.96 Å². The van der Waals surface area contributed by atoms with Crippen LogP contribution in [-0.4, -0.2) is 43.0 Å². The van der Waals surface area contributed by atoms with Gasteiger partial charge in [-0.1, -0.05) is 35.9 Å². The Morgan fingerprint density at radius 2 is 1.85 bits per heavy atom. The molecule has 0 bridgehead atoms. The Bertz CT molecular complexity index is 666. The highest BCUT2D eigenvalue weighted by atomic mass is 127. The first kappa shape index (κ1) is 22.5. The molecule has 0 fully saturated rings. The van der Waals surface area contributed by atoms with Crippen molar-refractivity contribution < 1.29 is 0 Å². The molecule has 7 heteroatoms. The van der Waals surface area contributed by atoms with Gasteiger partial charge >= 0.3 is 0 Å². The smallest absolute Gasteiger partial charge is 0.193 e. The van der Waals surface area contributed by atoms with Crippen molar-refractivity contribution in [3.05, 3.63) is 59.2 Å². The SMILES string of the molecule is CN=C(NCCCCNc1ccccn1)N(C)Cc1ccccc1Cl.I. The van der Waals surface area contributed by atoms with Crippen LogP contribution in [0.2, 0.25) is 5.02 Å². The van der Waals surface area contributed by atoms with Crippen LogP contribution in [-0.2, 0) is 6.54 Å². The van der Waals surface area contributed by atoms with Crippen molar-refractivity contribution in [3.8, 4) is 0 Å². The molecule has 0 aliphatic carbocycles. The van der Waals surface area contributed by atoms with E-state index in [1.54, 1.807) is 13.2 Å². The van der Waals surface area contributed by atoms with Gasteiger partial charge in [0.25, 0.3) is 0 Å². The molecule has 0 aliphatic rings. The van der Waals surface area contributed by atoms with Gasteiger partial charge in [-0.25, -0.2) is 4.98 Å². The standard InChI is InChI=1S/C19H26ClN5.HI/c1-21-19(25(2)15-16-9-3-4-10-17(16)20)24-14-8-7-13-23-18-11-5-6-12-22-18;/h3-6,9-12H,7-8,13-15H2,1-2H3,(H,21,24)(H,22,23);1H. The summed E-state index contributed by atoms with van der Waals surface area (Å²) in [4.78, 5) is 10.7. The van der Waals surface area contributed by atoms with E-state index in [9.17, 15) is 0 Å². The van der Waals surface area contributed by atoms with Gasteiger partial charge in [-0.2, -0.15) is 0 Å². The lowest BCUT2D eigenvalue weighted by Gasteiger charge is -2.22. The predicted octanol–water partition coefficient (Wildman–Crippen LogP) is 4.25. The number of unbranched alkanes of at least 4 members (excludes halogenated alkanes) is 1. The molecular formula is C19H27ClIN5. The van der Waals surface area contributed by atoms with Crippen LogP contribution in [0, 0.1) is 0 Å². The van der Waals surface area contributed by atoms with E-state index >= 15 is 0 Å². The molecule has 0 spiro atoms. The van der Waals surface area contributed by atoms with Gasteiger partial charge in [-0.3, -0.25) is 4.99 Å². The summed E-state index contributed by atoms with van der Waals surface area (Å²) < 4.78 is 0. The minimum atomic E-state index is 0. The van der Waals surface area contributed by atoms with Gasteiger partial charge in [0, 0.05) is 44.9 Å². The number of hydrogen-bond donors (Lipinski definition) is 2. The first-order valence-electron chi connectivity index (χ1n) is 8.51. The van der Waals surface area contributed by atoms with E-state index in [-0.39, 0.29) is 24.0 Å². The number of aliphatic imine (C=N–C) groups is 1. The molecule has 0 unspecified atom stereocenters. The fourth-order valence-corrected chi connectivity index (χ4v) is 2.67. The number of pyridine rings is 1. The zero-order valence-electron chi connectivity index (χ0n) is 15.3. The van der Waals surface area contributed by atoms with E-state index in [0.29, 0.717) is 0 Å². The molecule has 26 heavy (non-hydrogen) atoms. The normalized spacial score (nSPS) is 10.8. The average Bonchev–Trinajstić information content (AvgIpc) is 2.64. The molecule has 1 heterocycles. The summed E-state index contributed by atoms with van der Waals surface area (Å²) >= 11 is 6.23. The van der Waals surface area contributed by atoms with Crippen molar-refractivity contribution in [1.29, 1.82) is 0 Å². The minimum absolute atomic E-state index is 0. The van der Waals surface area contributed by atoms with Crippen LogP contribution in [0.1, 0.15) is 18.4 Å². The van der Waals surface area contributed by atoms with Gasteiger partial charge in [-0.15, -0.1) is 24.0 Å². The van der Waals surface area contributed by atoms with Crippen LogP contribution in [0.5, 0.6) is 0 Å². The van der Waals surface area contributed by atoms with Crippen molar-refractivity contribution in [1.82, 2.24) is 15.2 Å². The van der Waals surface area contributed by atoms with E-state index in [1.807, 2.05) is 49.5 Å². The number of aromatic nitrogens is 1. The molecule has 1 aromatic carbocycles. The number of rotatable bonds is 8. The van der Waals surface area contributed by atoms with Crippen molar-refractivity contribution in [3.63, 3.8) is 0 Å². The molecule has 0 aliphatic heterocycles. The van der Waals surface area contributed by atoms with Crippen molar-refractivity contribution >= 4 is 47.4 Å². The number of halogens is 2. The molecule has 2 rings (SSSR count). The topological polar surface area (TPSA) is 52.6 Å². The molecule has 0 saturated heterocycles. The average molecular weight is 488 g/mol. The zero-order valence-corrected chi connectivity index (χ0v) is 18.4. The highest BCUT2D eigenvalue weighted by Crippen LogP contribution is 2.16. The van der Waals surface area contributed by atoms with E-state index in [4.69, 9.17) is 11.6 Å². The molecular weight excluding hydrogens is 461 g/mol. The number of benzene rings is 1. The molecule has 1 aromatic heterocycles. The third-order valence-electron chi connectivity index (χ3n) is 3.80. The van der Waals surface area contributed by atoms with Crippen LogP contribution in [0.3, 0.4) is 0 Å². The number of nitrogens with zero attached hydrogens (tertiary/aromatic N) is 3. The Balaban J connectivity index is 0.00000338. The highest BCUT2D eigenvalue weighted by Gasteiger charge is 2.08. The number of nitrogens with one attached hydrogen (secondary N) is 2. The van der Waals surface area contributed by atoms with Crippen LogP contribution in [0.25, 0.3) is 0 Å². The summed E-state index contributed by atoms with van der Waals surface area (Å²) in [6.45, 7) is 2.51. The van der Waals surface area contributed by atoms with Crippen LogP contribution >= 0.6 is 35.6 Å². The monoisotopic (exact) mass is 487 g/mol. The summed E-state index contributed by atoms with van der Waals surface area (Å²) in [5, 5.41) is 7.49. The number of anilines is 1. The Morgan fingerprint density at radius 1 is 1.12 bits per heavy atom. The van der Waals surface area contributed by atoms with Gasteiger partial charge in [0.1, 0.15) is 5.82 Å². The lowest BCUT2D eigenvalue weighted by atomic mass is 10.2. The molecule has 0 atom stereocenters. The molecule has 0 radical (unpaired) electrons. The van der Waals surface area contributed by atoms with E-state index in [1.165, 1.54) is 0 Å². The summed E-state index contributed by atoms with van der Waals surface area (Å²) in [6.07, 6.45) is 3.91. The van der Waals surface area contributed by atoms with Crippen LogP contribution in [0.15, 0.2) is 53.7 Å². The number of hydrogen-bond acceptors (Lipinski definition) is 3. The summed E-state index contributed by atoms with van der Waals surface area (Å²) in [5.41, 5.74) is 1.09. The maximum Gasteiger partial charge on any atom is 0.193 e. The second-order valence-corrected chi connectivity index (χ2v) is 6.18. The predicted molar refractivity (Wildman–Crippen MR) is 122 cm³/mol. The maximum atomic E-state index is 6.23. The Kier molecular flexibility index (Phi) is 11.0. The molecule has 2 aromatic rings. The molecule has 2 N–H and O–H groups in total. The third kappa shape index (κ3) is 7.78. The first-order valence-corrected chi connectivity index (χ1v) is 8.88. The summed E-state index contributed by atoms with van der Waals surface area (Å²) in [7, 11) is 3.81. The third-order valence-corrected chi connectivity index (χ3v) is 4.17. The van der Waals surface area contributed by atoms with E-state index in [2.05, 4.69) is 25.5 Å². The van der Waals surface area contributed by atoms with Gasteiger partial charge < -0.3 is 15.5 Å². The van der Waals surface area contributed by atoms with Gasteiger partial charge in [0.2, 0.25) is 0 Å². The quantitative estimate of drug-likeness (QED) is 0.253. The van der Waals surface area contributed by atoms with E-state index < -0.39 is 0 Å². The van der Waals surface area contributed by atoms with E-state index in [0.717, 1.165) is 54.8 Å². The minimum Gasteiger partial charge on any atom is -0.370 e. The first-order chi connectivity index (χ1) is 12.2. The second kappa shape index (κ2) is 12.8. The van der Waals surface area contributed by atoms with Crippen LogP contribution in [0.4, 0.5) is 5.82 Å². The number of guanidine groups is 1. The molecule has 0 amide bonds. The largest absolute Gasteiger partial charge is 0.370 e. The summed E-state index contributed by atoms with van der Waals surface area (Å²) in [6, 6.07) is 13.8. The molecule has 0 saturated carbocycles. The fraction of sp³-hybridized carbons (Fsp3) is 0.368. The second-order valence-electron chi connectivity index (χ2n) is 5.77. The molecule has 142 valence electrons. The Hall–Kier alpha value is -1.54. The molecule has 5 nitrogen and oxygen atoms in total.